The van der Waals surface area contributed by atoms with Crippen molar-refractivity contribution in [1.82, 2.24) is 10.3 Å². The maximum Gasteiger partial charge on any atom is 0.341 e. The molecule has 0 saturated carbocycles. The van der Waals surface area contributed by atoms with Crippen molar-refractivity contribution >= 4 is 23.5 Å². The summed E-state index contributed by atoms with van der Waals surface area (Å²) in [5.74, 6) is -1.95. The third kappa shape index (κ3) is 4.54. The fraction of sp³-hybridized carbons (Fsp3) is 0.176. The van der Waals surface area contributed by atoms with Gasteiger partial charge in [0.2, 0.25) is 11.8 Å². The highest BCUT2D eigenvalue weighted by Gasteiger charge is 2.14. The van der Waals surface area contributed by atoms with Gasteiger partial charge in [-0.2, -0.15) is 0 Å². The second kappa shape index (κ2) is 7.43. The van der Waals surface area contributed by atoms with Crippen molar-refractivity contribution in [2.24, 2.45) is 0 Å². The molecule has 2 rings (SSSR count). The number of carboxylic acid groups (broad SMARTS) is 1. The van der Waals surface area contributed by atoms with Crippen LogP contribution in [0.1, 0.15) is 24.2 Å². The molecule has 8 heteroatoms. The molecule has 1 atom stereocenters. The van der Waals surface area contributed by atoms with E-state index in [0.717, 1.165) is 0 Å². The Bertz CT molecular complexity index is 871. The summed E-state index contributed by atoms with van der Waals surface area (Å²) in [6.07, 6.45) is 0. The van der Waals surface area contributed by atoms with Crippen molar-refractivity contribution in [2.75, 3.05) is 5.32 Å². The van der Waals surface area contributed by atoms with Crippen LogP contribution in [0.3, 0.4) is 0 Å². The second-order valence-electron chi connectivity index (χ2n) is 5.41. The van der Waals surface area contributed by atoms with Crippen LogP contribution in [0.15, 0.2) is 41.2 Å². The number of hydrogen-bond acceptors (Lipinski definition) is 4. The molecule has 0 unspecified atom stereocenters. The fourth-order valence-corrected chi connectivity index (χ4v) is 2.16. The summed E-state index contributed by atoms with van der Waals surface area (Å²) in [7, 11) is 0. The van der Waals surface area contributed by atoms with E-state index in [0.29, 0.717) is 16.9 Å². The first-order chi connectivity index (χ1) is 11.8. The van der Waals surface area contributed by atoms with E-state index in [9.17, 15) is 19.2 Å². The Morgan fingerprint density at radius 2 is 1.72 bits per heavy atom. The van der Waals surface area contributed by atoms with Crippen molar-refractivity contribution < 1.29 is 19.5 Å². The first kappa shape index (κ1) is 17.9. The molecule has 25 heavy (non-hydrogen) atoms. The Hall–Kier alpha value is -3.42. The molecule has 0 bridgehead atoms. The van der Waals surface area contributed by atoms with Crippen LogP contribution in [0.5, 0.6) is 0 Å². The summed E-state index contributed by atoms with van der Waals surface area (Å²) >= 11 is 0. The number of rotatable bonds is 5. The molecule has 0 aliphatic carbocycles. The molecule has 1 aromatic heterocycles. The van der Waals surface area contributed by atoms with Crippen LogP contribution >= 0.6 is 0 Å². The van der Waals surface area contributed by atoms with Gasteiger partial charge in [-0.3, -0.25) is 14.4 Å². The number of H-pyrrole nitrogens is 1. The lowest BCUT2D eigenvalue weighted by Gasteiger charge is -2.13. The third-order valence-electron chi connectivity index (χ3n) is 3.42. The summed E-state index contributed by atoms with van der Waals surface area (Å²) in [4.78, 5) is 47.9. The Labute approximate surface area is 142 Å². The van der Waals surface area contributed by atoms with Crippen LogP contribution in [0.2, 0.25) is 0 Å². The van der Waals surface area contributed by atoms with Crippen molar-refractivity contribution in [2.45, 2.75) is 19.9 Å². The lowest BCUT2D eigenvalue weighted by Crippen LogP contribution is -2.40. The number of aromatic amines is 1. The Morgan fingerprint density at radius 1 is 1.08 bits per heavy atom. The maximum absolute atomic E-state index is 11.9. The zero-order valence-corrected chi connectivity index (χ0v) is 13.6. The standard InChI is InChI=1S/C17H17N3O5/c1-9(18-10(2)21)15(22)19-12-5-3-11(4-6-12)14-8-7-13(17(24)25)16(23)20-14/h3-9H,1-2H3,(H,18,21)(H,19,22)(H,20,23)(H,24,25)/t9-/m0/s1. The first-order valence-corrected chi connectivity index (χ1v) is 7.43. The SMILES string of the molecule is CC(=O)N[C@@H](C)C(=O)Nc1ccc(-c2ccc(C(=O)O)c(=O)[nH]2)cc1. The smallest absolute Gasteiger partial charge is 0.341 e. The van der Waals surface area contributed by atoms with Crippen molar-refractivity contribution in [3.63, 3.8) is 0 Å². The van der Waals surface area contributed by atoms with Crippen LogP contribution in [-0.4, -0.2) is 33.9 Å². The minimum absolute atomic E-state index is 0.299. The molecule has 0 aliphatic rings. The molecule has 1 aromatic carbocycles. The molecule has 0 fully saturated rings. The number of nitrogens with one attached hydrogen (secondary N) is 3. The highest BCUT2D eigenvalue weighted by molar-refractivity contribution is 5.96. The normalized spacial score (nSPS) is 11.4. The number of carbonyl (C=O) groups is 3. The van der Waals surface area contributed by atoms with Gasteiger partial charge in [-0.25, -0.2) is 4.79 Å². The molecule has 0 radical (unpaired) electrons. The van der Waals surface area contributed by atoms with E-state index in [1.54, 1.807) is 31.2 Å². The number of carboxylic acids is 1. The third-order valence-corrected chi connectivity index (χ3v) is 3.42. The predicted octanol–water partition coefficient (Wildman–Crippen LogP) is 1.20. The number of aromatic nitrogens is 1. The molecule has 0 aliphatic heterocycles. The van der Waals surface area contributed by atoms with E-state index in [1.807, 2.05) is 0 Å². The van der Waals surface area contributed by atoms with E-state index in [2.05, 4.69) is 15.6 Å². The number of hydrogen-bond donors (Lipinski definition) is 4. The average molecular weight is 343 g/mol. The summed E-state index contributed by atoms with van der Waals surface area (Å²) in [5.41, 5.74) is 0.614. The number of amides is 2. The summed E-state index contributed by atoms with van der Waals surface area (Å²) in [5, 5.41) is 14.0. The first-order valence-electron chi connectivity index (χ1n) is 7.43. The van der Waals surface area contributed by atoms with Crippen molar-refractivity contribution in [1.29, 1.82) is 0 Å². The van der Waals surface area contributed by atoms with Crippen LogP contribution in [0.25, 0.3) is 11.3 Å². The van der Waals surface area contributed by atoms with E-state index in [4.69, 9.17) is 5.11 Å². The molecule has 2 aromatic rings. The number of carbonyl (C=O) groups excluding carboxylic acids is 2. The molecule has 2 amide bonds. The minimum Gasteiger partial charge on any atom is -0.477 e. The van der Waals surface area contributed by atoms with E-state index >= 15 is 0 Å². The molecule has 130 valence electrons. The maximum atomic E-state index is 11.9. The lowest BCUT2D eigenvalue weighted by molar-refractivity contribution is -0.124. The summed E-state index contributed by atoms with van der Waals surface area (Å²) in [6.45, 7) is 2.90. The lowest BCUT2D eigenvalue weighted by atomic mass is 10.1. The van der Waals surface area contributed by atoms with Crippen LogP contribution in [-0.2, 0) is 9.59 Å². The minimum atomic E-state index is -1.29. The van der Waals surface area contributed by atoms with Gasteiger partial charge in [0.1, 0.15) is 11.6 Å². The monoisotopic (exact) mass is 343 g/mol. The van der Waals surface area contributed by atoms with Gasteiger partial charge in [0, 0.05) is 18.3 Å². The highest BCUT2D eigenvalue weighted by Crippen LogP contribution is 2.19. The zero-order chi connectivity index (χ0) is 18.6. The van der Waals surface area contributed by atoms with Gasteiger partial charge in [-0.1, -0.05) is 12.1 Å². The molecule has 4 N–H and O–H groups in total. The second-order valence-corrected chi connectivity index (χ2v) is 5.41. The molecule has 0 saturated heterocycles. The average Bonchev–Trinajstić information content (AvgIpc) is 2.54. The number of pyridine rings is 1. The molecular weight excluding hydrogens is 326 g/mol. The fourth-order valence-electron chi connectivity index (χ4n) is 2.16. The zero-order valence-electron chi connectivity index (χ0n) is 13.6. The van der Waals surface area contributed by atoms with Gasteiger partial charge in [-0.05, 0) is 36.8 Å². The Morgan fingerprint density at radius 3 is 2.24 bits per heavy atom. The van der Waals surface area contributed by atoms with E-state index < -0.39 is 17.6 Å². The van der Waals surface area contributed by atoms with E-state index in [-0.39, 0.29) is 17.4 Å². The van der Waals surface area contributed by atoms with E-state index in [1.165, 1.54) is 19.1 Å². The Balaban J connectivity index is 2.13. The van der Waals surface area contributed by atoms with Crippen LogP contribution < -0.4 is 16.2 Å². The molecule has 1 heterocycles. The van der Waals surface area contributed by atoms with Crippen molar-refractivity contribution in [3.05, 3.63) is 52.3 Å². The number of benzene rings is 1. The van der Waals surface area contributed by atoms with Gasteiger partial charge in [0.25, 0.3) is 5.56 Å². The Kier molecular flexibility index (Phi) is 5.33. The van der Waals surface area contributed by atoms with Crippen molar-refractivity contribution in [3.8, 4) is 11.3 Å². The van der Waals surface area contributed by atoms with Gasteiger partial charge < -0.3 is 20.7 Å². The quantitative estimate of drug-likeness (QED) is 0.648. The molecule has 0 spiro atoms. The summed E-state index contributed by atoms with van der Waals surface area (Å²) < 4.78 is 0. The largest absolute Gasteiger partial charge is 0.477 e. The molecule has 8 nitrogen and oxygen atoms in total. The topological polar surface area (TPSA) is 128 Å². The summed E-state index contributed by atoms with van der Waals surface area (Å²) in [6, 6.07) is 8.68. The number of anilines is 1. The molecular formula is C17H17N3O5. The van der Waals surface area contributed by atoms with Crippen LogP contribution in [0, 0.1) is 0 Å². The van der Waals surface area contributed by atoms with Gasteiger partial charge in [0.15, 0.2) is 0 Å². The van der Waals surface area contributed by atoms with Crippen LogP contribution in [0.4, 0.5) is 5.69 Å². The van der Waals surface area contributed by atoms with Gasteiger partial charge in [-0.15, -0.1) is 0 Å². The number of aromatic carboxylic acids is 1. The van der Waals surface area contributed by atoms with Gasteiger partial charge >= 0.3 is 5.97 Å². The highest BCUT2D eigenvalue weighted by atomic mass is 16.4. The predicted molar refractivity (Wildman–Crippen MR) is 91.4 cm³/mol. The van der Waals surface area contributed by atoms with Gasteiger partial charge in [0.05, 0.1) is 0 Å².